The standard InChI is InChI=1S/C13H18N2O.ClH/c1-10-3-2-8-15(10)13(16)12-6-4-11(9-14)5-7-12;/h4-7,10H,2-3,8-9,14H2,1H3;1H. The fourth-order valence-corrected chi connectivity index (χ4v) is 2.18. The first-order valence-corrected chi connectivity index (χ1v) is 5.82. The van der Waals surface area contributed by atoms with Crippen LogP contribution in [-0.4, -0.2) is 23.4 Å². The quantitative estimate of drug-likeness (QED) is 0.880. The molecule has 0 radical (unpaired) electrons. The molecule has 0 aliphatic carbocycles. The Morgan fingerprint density at radius 1 is 1.41 bits per heavy atom. The molecule has 3 nitrogen and oxygen atoms in total. The van der Waals surface area contributed by atoms with Gasteiger partial charge in [-0.2, -0.15) is 0 Å². The van der Waals surface area contributed by atoms with E-state index >= 15 is 0 Å². The highest BCUT2D eigenvalue weighted by Gasteiger charge is 2.25. The van der Waals surface area contributed by atoms with E-state index in [1.807, 2.05) is 29.2 Å². The molecule has 0 aromatic heterocycles. The van der Waals surface area contributed by atoms with Crippen molar-refractivity contribution in [1.29, 1.82) is 0 Å². The predicted octanol–water partition coefficient (Wildman–Crippen LogP) is 2.19. The van der Waals surface area contributed by atoms with E-state index in [4.69, 9.17) is 5.73 Å². The minimum atomic E-state index is 0. The molecular formula is C13H19ClN2O. The van der Waals surface area contributed by atoms with Crippen molar-refractivity contribution in [3.05, 3.63) is 35.4 Å². The van der Waals surface area contributed by atoms with E-state index in [0.717, 1.165) is 30.5 Å². The molecule has 94 valence electrons. The number of rotatable bonds is 2. The Morgan fingerprint density at radius 3 is 2.53 bits per heavy atom. The summed E-state index contributed by atoms with van der Waals surface area (Å²) in [7, 11) is 0. The van der Waals surface area contributed by atoms with Gasteiger partial charge in [-0.05, 0) is 37.5 Å². The fraction of sp³-hybridized carbons (Fsp3) is 0.462. The number of hydrogen-bond donors (Lipinski definition) is 1. The van der Waals surface area contributed by atoms with Gasteiger partial charge in [0.15, 0.2) is 0 Å². The Labute approximate surface area is 108 Å². The maximum Gasteiger partial charge on any atom is 0.254 e. The van der Waals surface area contributed by atoms with Gasteiger partial charge in [-0.3, -0.25) is 4.79 Å². The lowest BCUT2D eigenvalue weighted by atomic mass is 10.1. The Kier molecular flexibility index (Phi) is 4.97. The fourth-order valence-electron chi connectivity index (χ4n) is 2.18. The molecule has 1 amide bonds. The number of benzene rings is 1. The first kappa shape index (κ1) is 14.0. The molecule has 17 heavy (non-hydrogen) atoms. The number of halogens is 1. The Balaban J connectivity index is 0.00000144. The van der Waals surface area contributed by atoms with E-state index in [9.17, 15) is 4.79 Å². The molecule has 0 saturated carbocycles. The molecule has 4 heteroatoms. The summed E-state index contributed by atoms with van der Waals surface area (Å²) in [6.07, 6.45) is 2.24. The van der Waals surface area contributed by atoms with Gasteiger partial charge in [0.05, 0.1) is 0 Å². The van der Waals surface area contributed by atoms with E-state index < -0.39 is 0 Å². The highest BCUT2D eigenvalue weighted by molar-refractivity contribution is 5.94. The van der Waals surface area contributed by atoms with Gasteiger partial charge >= 0.3 is 0 Å². The highest BCUT2D eigenvalue weighted by Crippen LogP contribution is 2.19. The van der Waals surface area contributed by atoms with Crippen molar-refractivity contribution in [1.82, 2.24) is 4.90 Å². The molecule has 2 rings (SSSR count). The van der Waals surface area contributed by atoms with Crippen molar-refractivity contribution in [3.63, 3.8) is 0 Å². The SMILES string of the molecule is CC1CCCN1C(=O)c1ccc(CN)cc1.Cl. The Bertz CT molecular complexity index is 378. The molecule has 1 fully saturated rings. The van der Waals surface area contributed by atoms with Crippen LogP contribution in [0.15, 0.2) is 24.3 Å². The Morgan fingerprint density at radius 2 is 2.06 bits per heavy atom. The van der Waals surface area contributed by atoms with Crippen LogP contribution >= 0.6 is 12.4 Å². The minimum Gasteiger partial charge on any atom is -0.336 e. The number of nitrogens with two attached hydrogens (primary N) is 1. The van der Waals surface area contributed by atoms with Crippen LogP contribution in [0.4, 0.5) is 0 Å². The predicted molar refractivity (Wildman–Crippen MR) is 71.3 cm³/mol. The maximum absolute atomic E-state index is 12.2. The third-order valence-corrected chi connectivity index (χ3v) is 3.25. The summed E-state index contributed by atoms with van der Waals surface area (Å²) >= 11 is 0. The van der Waals surface area contributed by atoms with Crippen molar-refractivity contribution < 1.29 is 4.79 Å². The lowest BCUT2D eigenvalue weighted by Gasteiger charge is -2.21. The van der Waals surface area contributed by atoms with Gasteiger partial charge in [0.25, 0.3) is 5.91 Å². The number of carbonyl (C=O) groups excluding carboxylic acids is 1. The summed E-state index contributed by atoms with van der Waals surface area (Å²) in [5.74, 6) is 0.147. The van der Waals surface area contributed by atoms with Gasteiger partial charge in [0, 0.05) is 24.7 Å². The second kappa shape index (κ2) is 6.03. The second-order valence-electron chi connectivity index (χ2n) is 4.39. The zero-order valence-corrected chi connectivity index (χ0v) is 10.9. The first-order chi connectivity index (χ1) is 7.72. The summed E-state index contributed by atoms with van der Waals surface area (Å²) in [6, 6.07) is 7.97. The van der Waals surface area contributed by atoms with Crippen LogP contribution in [-0.2, 0) is 6.54 Å². The largest absolute Gasteiger partial charge is 0.336 e. The summed E-state index contributed by atoms with van der Waals surface area (Å²) in [4.78, 5) is 14.1. The van der Waals surface area contributed by atoms with Crippen LogP contribution in [0.3, 0.4) is 0 Å². The van der Waals surface area contributed by atoms with E-state index in [0.29, 0.717) is 12.6 Å². The van der Waals surface area contributed by atoms with Crippen molar-refractivity contribution in [2.24, 2.45) is 5.73 Å². The molecule has 1 unspecified atom stereocenters. The van der Waals surface area contributed by atoms with E-state index in [1.165, 1.54) is 0 Å². The van der Waals surface area contributed by atoms with Gasteiger partial charge in [-0.25, -0.2) is 0 Å². The Hall–Kier alpha value is -1.06. The summed E-state index contributed by atoms with van der Waals surface area (Å²) in [5, 5.41) is 0. The number of carbonyl (C=O) groups is 1. The third-order valence-electron chi connectivity index (χ3n) is 3.25. The zero-order chi connectivity index (χ0) is 11.5. The monoisotopic (exact) mass is 254 g/mol. The van der Waals surface area contributed by atoms with Gasteiger partial charge in [-0.15, -0.1) is 12.4 Å². The molecule has 1 aliphatic rings. The normalized spacial score (nSPS) is 18.9. The molecule has 1 aromatic carbocycles. The lowest BCUT2D eigenvalue weighted by Crippen LogP contribution is -2.33. The van der Waals surface area contributed by atoms with Crippen molar-refractivity contribution in [2.45, 2.75) is 32.4 Å². The van der Waals surface area contributed by atoms with Crippen LogP contribution in [0.25, 0.3) is 0 Å². The van der Waals surface area contributed by atoms with Gasteiger partial charge in [0.2, 0.25) is 0 Å². The topological polar surface area (TPSA) is 46.3 Å². The molecule has 1 atom stereocenters. The van der Waals surface area contributed by atoms with Crippen molar-refractivity contribution >= 4 is 18.3 Å². The van der Waals surface area contributed by atoms with Crippen molar-refractivity contribution in [2.75, 3.05) is 6.54 Å². The molecular weight excluding hydrogens is 236 g/mol. The molecule has 1 aliphatic heterocycles. The molecule has 1 heterocycles. The number of likely N-dealkylation sites (tertiary alicyclic amines) is 1. The first-order valence-electron chi connectivity index (χ1n) is 5.82. The third kappa shape index (κ3) is 2.99. The van der Waals surface area contributed by atoms with Crippen molar-refractivity contribution in [3.8, 4) is 0 Å². The molecule has 1 aromatic rings. The van der Waals surface area contributed by atoms with E-state index in [1.54, 1.807) is 0 Å². The van der Waals surface area contributed by atoms with Crippen LogP contribution in [0, 0.1) is 0 Å². The smallest absolute Gasteiger partial charge is 0.254 e. The molecule has 1 saturated heterocycles. The second-order valence-corrected chi connectivity index (χ2v) is 4.39. The number of hydrogen-bond acceptors (Lipinski definition) is 2. The van der Waals surface area contributed by atoms with Crippen LogP contribution < -0.4 is 5.73 Å². The van der Waals surface area contributed by atoms with Gasteiger partial charge in [0.1, 0.15) is 0 Å². The summed E-state index contributed by atoms with van der Waals surface area (Å²) in [5.41, 5.74) is 7.36. The average Bonchev–Trinajstić information content (AvgIpc) is 2.75. The van der Waals surface area contributed by atoms with Crippen LogP contribution in [0.5, 0.6) is 0 Å². The maximum atomic E-state index is 12.2. The minimum absolute atomic E-state index is 0. The number of amides is 1. The zero-order valence-electron chi connectivity index (χ0n) is 10.1. The van der Waals surface area contributed by atoms with Gasteiger partial charge in [-0.1, -0.05) is 12.1 Å². The highest BCUT2D eigenvalue weighted by atomic mass is 35.5. The van der Waals surface area contributed by atoms with Crippen LogP contribution in [0.2, 0.25) is 0 Å². The molecule has 0 bridgehead atoms. The van der Waals surface area contributed by atoms with Gasteiger partial charge < -0.3 is 10.6 Å². The lowest BCUT2D eigenvalue weighted by molar-refractivity contribution is 0.0747. The summed E-state index contributed by atoms with van der Waals surface area (Å²) in [6.45, 7) is 3.52. The van der Waals surface area contributed by atoms with E-state index in [2.05, 4.69) is 6.92 Å². The average molecular weight is 255 g/mol. The van der Waals surface area contributed by atoms with E-state index in [-0.39, 0.29) is 18.3 Å². The number of nitrogens with zero attached hydrogens (tertiary/aromatic N) is 1. The van der Waals surface area contributed by atoms with Crippen LogP contribution in [0.1, 0.15) is 35.7 Å². The molecule has 0 spiro atoms. The summed E-state index contributed by atoms with van der Waals surface area (Å²) < 4.78 is 0. The molecule has 2 N–H and O–H groups in total.